The van der Waals surface area contributed by atoms with Gasteiger partial charge in [-0.2, -0.15) is 0 Å². The number of hydrogen-bond donors (Lipinski definition) is 11. The first-order valence-electron chi connectivity index (χ1n) is 17.6. The van der Waals surface area contributed by atoms with E-state index in [1.54, 1.807) is 44.2 Å². The van der Waals surface area contributed by atoms with E-state index in [0.717, 1.165) is 0 Å². The molecule has 2 aromatic carbocycles. The summed E-state index contributed by atoms with van der Waals surface area (Å²) in [5.74, 6) is -7.83. The second-order valence-corrected chi connectivity index (χ2v) is 12.8. The van der Waals surface area contributed by atoms with Crippen LogP contribution in [-0.4, -0.2) is 106 Å². The molecule has 0 fully saturated rings. The third kappa shape index (κ3) is 16.1. The predicted molar refractivity (Wildman–Crippen MR) is 200 cm³/mol. The van der Waals surface area contributed by atoms with Crippen LogP contribution in [0.1, 0.15) is 50.7 Å². The number of benzene rings is 2. The maximum Gasteiger partial charge on any atom is 0.326 e. The maximum atomic E-state index is 13.9. The third-order valence-corrected chi connectivity index (χ3v) is 8.49. The number of carboxylic acids is 2. The van der Waals surface area contributed by atoms with Gasteiger partial charge in [-0.05, 0) is 42.0 Å². The molecule has 0 aromatic heterocycles. The van der Waals surface area contributed by atoms with Gasteiger partial charge in [-0.25, -0.2) is 4.79 Å². The number of nitrogens with two attached hydrogens (primary N) is 3. The highest BCUT2D eigenvalue weighted by atomic mass is 16.4. The summed E-state index contributed by atoms with van der Waals surface area (Å²) in [5.41, 5.74) is 17.2. The molecule has 0 aliphatic carbocycles. The van der Waals surface area contributed by atoms with Gasteiger partial charge in [0.25, 0.3) is 0 Å². The minimum absolute atomic E-state index is 0.0601. The van der Waals surface area contributed by atoms with Crippen LogP contribution in [0.3, 0.4) is 0 Å². The number of nitrogens with zero attached hydrogens (tertiary/aromatic N) is 1. The van der Waals surface area contributed by atoms with E-state index >= 15 is 0 Å². The number of phenols is 1. The summed E-state index contributed by atoms with van der Waals surface area (Å²) >= 11 is 0. The first-order valence-corrected chi connectivity index (χ1v) is 17.6. The number of hydrogen-bond acceptors (Lipinski definition) is 10. The maximum absolute atomic E-state index is 13.9. The van der Waals surface area contributed by atoms with Crippen molar-refractivity contribution in [2.45, 2.75) is 82.6 Å². The monoisotopic (exact) mass is 769 g/mol. The quantitative estimate of drug-likeness (QED) is 0.0339. The zero-order valence-corrected chi connectivity index (χ0v) is 30.7. The van der Waals surface area contributed by atoms with Gasteiger partial charge >= 0.3 is 11.9 Å². The normalized spacial score (nSPS) is 14.0. The van der Waals surface area contributed by atoms with Crippen LogP contribution < -0.4 is 43.8 Å². The average molecular weight is 770 g/mol. The minimum Gasteiger partial charge on any atom is -0.508 e. The summed E-state index contributed by atoms with van der Waals surface area (Å²) in [6, 6.07) is 6.97. The fraction of sp³-hybridized carbons (Fsp3) is 0.444. The molecule has 0 heterocycles. The lowest BCUT2D eigenvalue weighted by Crippen LogP contribution is -2.60. The van der Waals surface area contributed by atoms with E-state index < -0.39 is 90.6 Å². The molecule has 0 bridgehead atoms. The van der Waals surface area contributed by atoms with Crippen molar-refractivity contribution in [3.63, 3.8) is 0 Å². The van der Waals surface area contributed by atoms with Gasteiger partial charge in [-0.3, -0.25) is 33.8 Å². The SMILES string of the molecule is CC[C@H](C)[C@H](NC(=O)[C@H](CCCN=C(N)N)NC(=O)CN)C(=O)N[C@@H](Cc1ccccc1)C(=O)N[C@@H](CC(=O)O)C(=O)N[C@@H](Cc1ccc(O)cc1)C(=O)O. The van der Waals surface area contributed by atoms with Gasteiger partial charge in [0.1, 0.15) is 36.0 Å². The Kier molecular flexibility index (Phi) is 18.6. The molecule has 0 saturated carbocycles. The molecule has 0 unspecified atom stereocenters. The van der Waals surface area contributed by atoms with E-state index in [1.807, 2.05) is 0 Å². The molecule has 19 heteroatoms. The van der Waals surface area contributed by atoms with Crippen molar-refractivity contribution >= 4 is 47.4 Å². The number of aromatic hydroxyl groups is 1. The highest BCUT2D eigenvalue weighted by Gasteiger charge is 2.35. The van der Waals surface area contributed by atoms with Crippen molar-refractivity contribution in [2.24, 2.45) is 28.1 Å². The van der Waals surface area contributed by atoms with Crippen LogP contribution >= 0.6 is 0 Å². The smallest absolute Gasteiger partial charge is 0.326 e. The number of aliphatic imine (C=N–C) groups is 1. The number of carbonyl (C=O) groups excluding carboxylic acids is 5. The highest BCUT2D eigenvalue weighted by molar-refractivity contribution is 5.97. The van der Waals surface area contributed by atoms with Crippen LogP contribution in [0.25, 0.3) is 0 Å². The molecule has 2 aromatic rings. The molecule has 14 N–H and O–H groups in total. The Morgan fingerprint density at radius 3 is 1.82 bits per heavy atom. The number of aliphatic carboxylic acids is 2. The van der Waals surface area contributed by atoms with Crippen LogP contribution in [0.5, 0.6) is 5.75 Å². The molecule has 0 aliphatic heterocycles. The fourth-order valence-electron chi connectivity index (χ4n) is 5.30. The number of nitrogens with one attached hydrogen (secondary N) is 5. The van der Waals surface area contributed by atoms with E-state index in [1.165, 1.54) is 24.3 Å². The Morgan fingerprint density at radius 1 is 0.709 bits per heavy atom. The third-order valence-electron chi connectivity index (χ3n) is 8.49. The van der Waals surface area contributed by atoms with Crippen molar-refractivity contribution in [2.75, 3.05) is 13.1 Å². The van der Waals surface area contributed by atoms with E-state index in [4.69, 9.17) is 17.2 Å². The van der Waals surface area contributed by atoms with E-state index in [2.05, 4.69) is 31.6 Å². The Hall–Kier alpha value is -6.24. The molecule has 0 spiro atoms. The van der Waals surface area contributed by atoms with Gasteiger partial charge in [0.2, 0.25) is 29.5 Å². The van der Waals surface area contributed by atoms with Crippen molar-refractivity contribution in [1.82, 2.24) is 26.6 Å². The lowest BCUT2D eigenvalue weighted by molar-refractivity contribution is -0.143. The van der Waals surface area contributed by atoms with Crippen LogP contribution in [-0.2, 0) is 46.4 Å². The van der Waals surface area contributed by atoms with Gasteiger partial charge in [0.05, 0.1) is 13.0 Å². The van der Waals surface area contributed by atoms with Gasteiger partial charge in [-0.15, -0.1) is 0 Å². The first-order chi connectivity index (χ1) is 26.0. The van der Waals surface area contributed by atoms with Crippen LogP contribution in [0.2, 0.25) is 0 Å². The van der Waals surface area contributed by atoms with Crippen molar-refractivity contribution in [3.8, 4) is 5.75 Å². The molecular formula is C36H51N9O10. The number of guanidine groups is 1. The van der Waals surface area contributed by atoms with Crippen LogP contribution in [0, 0.1) is 5.92 Å². The number of amides is 5. The van der Waals surface area contributed by atoms with Gasteiger partial charge < -0.3 is 59.1 Å². The summed E-state index contributed by atoms with van der Waals surface area (Å²) in [6.07, 6.45) is -0.507. The Labute approximate surface area is 317 Å². The number of carboxylic acid groups (broad SMARTS) is 2. The van der Waals surface area contributed by atoms with E-state index in [9.17, 15) is 48.9 Å². The number of rotatable bonds is 23. The molecular weight excluding hydrogens is 718 g/mol. The largest absolute Gasteiger partial charge is 0.508 e. The number of carbonyl (C=O) groups is 7. The molecule has 0 saturated heterocycles. The average Bonchev–Trinajstić information content (AvgIpc) is 3.14. The second-order valence-electron chi connectivity index (χ2n) is 12.8. The van der Waals surface area contributed by atoms with Crippen molar-refractivity contribution < 1.29 is 48.9 Å². The fourth-order valence-corrected chi connectivity index (χ4v) is 5.30. The molecule has 19 nitrogen and oxygen atoms in total. The predicted octanol–water partition coefficient (Wildman–Crippen LogP) is -1.78. The van der Waals surface area contributed by atoms with Gasteiger partial charge in [-0.1, -0.05) is 62.7 Å². The summed E-state index contributed by atoms with van der Waals surface area (Å²) in [5, 5.41) is 41.3. The van der Waals surface area contributed by atoms with Gasteiger partial charge in [0, 0.05) is 19.4 Å². The lowest BCUT2D eigenvalue weighted by atomic mass is 9.96. The van der Waals surface area contributed by atoms with E-state index in [0.29, 0.717) is 17.5 Å². The highest BCUT2D eigenvalue weighted by Crippen LogP contribution is 2.14. The molecule has 2 rings (SSSR count). The lowest BCUT2D eigenvalue weighted by Gasteiger charge is -2.29. The standard InChI is InChI=1S/C36H51N9O10/c1-3-20(2)30(45-31(50)24(41-28(47)19-37)10-7-15-40-36(38)39)34(53)43-25(16-21-8-5-4-6-9-21)32(51)42-26(18-29(48)49)33(52)44-27(35(54)55)17-22-11-13-23(46)14-12-22/h4-6,8-9,11-14,20,24-27,30,46H,3,7,10,15-19,37H2,1-2H3,(H,41,47)(H,42,51)(H,43,53)(H,44,52)(H,45,50)(H,48,49)(H,54,55)(H4,38,39,40)/t20-,24-,25-,26-,27-,30-/m0/s1. The summed E-state index contributed by atoms with van der Waals surface area (Å²) in [4.78, 5) is 94.5. The van der Waals surface area contributed by atoms with E-state index in [-0.39, 0.29) is 43.9 Å². The van der Waals surface area contributed by atoms with Crippen LogP contribution in [0.15, 0.2) is 59.6 Å². The second kappa shape index (κ2) is 22.7. The Bertz CT molecular complexity index is 1650. The molecule has 300 valence electrons. The zero-order chi connectivity index (χ0) is 41.1. The molecule has 6 atom stereocenters. The molecule has 0 aliphatic rings. The molecule has 5 amide bonds. The number of phenolic OH excluding ortho intramolecular Hbond substituents is 1. The summed E-state index contributed by atoms with van der Waals surface area (Å²) < 4.78 is 0. The summed E-state index contributed by atoms with van der Waals surface area (Å²) in [6.45, 7) is 3.22. The minimum atomic E-state index is -1.77. The zero-order valence-electron chi connectivity index (χ0n) is 30.7. The Balaban J connectivity index is 2.36. The molecule has 0 radical (unpaired) electrons. The summed E-state index contributed by atoms with van der Waals surface area (Å²) in [7, 11) is 0. The topological polar surface area (TPSA) is 331 Å². The Morgan fingerprint density at radius 2 is 1.25 bits per heavy atom. The van der Waals surface area contributed by atoms with Crippen LogP contribution in [0.4, 0.5) is 0 Å². The first kappa shape index (κ1) is 44.9. The molecule has 55 heavy (non-hydrogen) atoms. The van der Waals surface area contributed by atoms with Crippen molar-refractivity contribution in [1.29, 1.82) is 0 Å². The van der Waals surface area contributed by atoms with Gasteiger partial charge in [0.15, 0.2) is 5.96 Å². The van der Waals surface area contributed by atoms with Crippen molar-refractivity contribution in [3.05, 3.63) is 65.7 Å².